The number of fused-ring (bicyclic) bond motifs is 2. The summed E-state index contributed by atoms with van der Waals surface area (Å²) >= 11 is 0. The Morgan fingerprint density at radius 2 is 1.54 bits per heavy atom. The number of esters is 1. The Kier molecular flexibility index (Phi) is 11.9. The molecule has 5 rings (SSSR count). The van der Waals surface area contributed by atoms with Crippen molar-refractivity contribution in [2.24, 2.45) is 0 Å². The molecule has 2 aliphatic heterocycles. The van der Waals surface area contributed by atoms with Crippen molar-refractivity contribution in [3.05, 3.63) is 60.0 Å². The highest BCUT2D eigenvalue weighted by atomic mass is 32.2. The Labute approximate surface area is 307 Å². The molecule has 52 heavy (non-hydrogen) atoms. The highest BCUT2D eigenvalue weighted by molar-refractivity contribution is 7.89. The number of hydrogen-bond acceptors (Lipinski definition) is 9. The third-order valence-corrected chi connectivity index (χ3v) is 12.3. The number of piperazine rings is 1. The molecule has 0 atom stereocenters. The topological polar surface area (TPSA) is 141 Å². The molecule has 2 aromatic rings. The minimum Gasteiger partial charge on any atom is -0.460 e. The minimum absolute atomic E-state index is 0.152. The van der Waals surface area contributed by atoms with Crippen LogP contribution in [0, 0.1) is 0 Å². The third-order valence-electron chi connectivity index (χ3n) is 9.47. The highest BCUT2D eigenvalue weighted by Crippen LogP contribution is 2.43. The predicted molar refractivity (Wildman–Crippen MR) is 204 cm³/mol. The second-order valence-corrected chi connectivity index (χ2v) is 17.2. The van der Waals surface area contributed by atoms with E-state index in [9.17, 15) is 26.2 Å². The van der Waals surface area contributed by atoms with Gasteiger partial charge in [-0.15, -0.1) is 0 Å². The fourth-order valence-corrected chi connectivity index (χ4v) is 9.04. The molecule has 282 valence electrons. The van der Waals surface area contributed by atoms with Crippen LogP contribution in [0.2, 0.25) is 0 Å². The van der Waals surface area contributed by atoms with Gasteiger partial charge in [-0.05, 0) is 78.8 Å². The summed E-state index contributed by atoms with van der Waals surface area (Å²) in [6.45, 7) is 18.3. The molecule has 0 amide bonds. The van der Waals surface area contributed by atoms with E-state index in [1.54, 1.807) is 20.8 Å². The molecule has 0 bridgehead atoms. The zero-order valence-electron chi connectivity index (χ0n) is 31.2. The first-order chi connectivity index (χ1) is 24.5. The van der Waals surface area contributed by atoms with Crippen molar-refractivity contribution >= 4 is 42.8 Å². The molecular weight excluding hydrogens is 705 g/mol. The van der Waals surface area contributed by atoms with Crippen LogP contribution in [0.1, 0.15) is 54.9 Å². The monoisotopic (exact) mass is 755 g/mol. The SMILES string of the molecule is CCN(CC)c1ccc2c(-c3ccc(S(=O)(=O)N4CCN(CCC(=O)OC(C)(C)C)CC4)cc3S(=O)(=O)O)c3ccc(=[N+](CC)CC)cc-3oc2c1. The van der Waals surface area contributed by atoms with Gasteiger partial charge in [0, 0.05) is 85.7 Å². The van der Waals surface area contributed by atoms with Crippen molar-refractivity contribution in [3.63, 3.8) is 0 Å². The quantitative estimate of drug-likeness (QED) is 0.0894. The second kappa shape index (κ2) is 15.7. The van der Waals surface area contributed by atoms with E-state index in [0.717, 1.165) is 43.3 Å². The van der Waals surface area contributed by atoms with Crippen LogP contribution in [0.5, 0.6) is 0 Å². The van der Waals surface area contributed by atoms with E-state index >= 15 is 0 Å². The van der Waals surface area contributed by atoms with Crippen LogP contribution in [-0.4, -0.2) is 101 Å². The van der Waals surface area contributed by atoms with Gasteiger partial charge in [0.25, 0.3) is 10.1 Å². The van der Waals surface area contributed by atoms with Crippen LogP contribution in [0.4, 0.5) is 5.69 Å². The average Bonchev–Trinajstić information content (AvgIpc) is 3.09. The van der Waals surface area contributed by atoms with Gasteiger partial charge >= 0.3 is 5.97 Å². The van der Waals surface area contributed by atoms with E-state index in [2.05, 4.69) is 37.2 Å². The number of ether oxygens (including phenoxy) is 1. The molecule has 14 heteroatoms. The van der Waals surface area contributed by atoms with Crippen molar-refractivity contribution in [2.75, 3.05) is 63.8 Å². The van der Waals surface area contributed by atoms with E-state index < -0.39 is 30.6 Å². The maximum Gasteiger partial charge on any atom is 0.307 e. The first-order valence-corrected chi connectivity index (χ1v) is 20.8. The summed E-state index contributed by atoms with van der Waals surface area (Å²) in [5.74, 6) is 0.202. The Bertz CT molecular complexity index is 2190. The molecule has 0 spiro atoms. The molecule has 0 saturated carbocycles. The van der Waals surface area contributed by atoms with E-state index in [4.69, 9.17) is 9.15 Å². The van der Waals surface area contributed by atoms with E-state index in [1.807, 2.05) is 41.3 Å². The number of carbonyl (C=O) groups is 1. The number of anilines is 1. The molecule has 3 aliphatic rings. The fourth-order valence-electron chi connectivity index (χ4n) is 6.80. The molecular formula is C38H51N4O8S2+. The molecule has 2 heterocycles. The molecule has 12 nitrogen and oxygen atoms in total. The minimum atomic E-state index is -4.91. The van der Waals surface area contributed by atoms with Crippen molar-refractivity contribution in [2.45, 2.75) is 70.3 Å². The van der Waals surface area contributed by atoms with E-state index in [0.29, 0.717) is 47.5 Å². The molecule has 1 saturated heterocycles. The van der Waals surface area contributed by atoms with Gasteiger partial charge in [-0.25, -0.2) is 13.0 Å². The zero-order chi connectivity index (χ0) is 38.0. The number of benzene rings is 3. The van der Waals surface area contributed by atoms with Gasteiger partial charge < -0.3 is 19.0 Å². The lowest BCUT2D eigenvalue weighted by molar-refractivity contribution is -0.155. The maximum atomic E-state index is 13.9. The number of sulfonamides is 1. The highest BCUT2D eigenvalue weighted by Gasteiger charge is 2.32. The lowest BCUT2D eigenvalue weighted by Crippen LogP contribution is -2.49. The van der Waals surface area contributed by atoms with Crippen LogP contribution in [-0.2, 0) is 29.7 Å². The second-order valence-electron chi connectivity index (χ2n) is 13.9. The van der Waals surface area contributed by atoms with Crippen LogP contribution in [0.3, 0.4) is 0 Å². The summed E-state index contributed by atoms with van der Waals surface area (Å²) in [6.07, 6.45) is 0.187. The van der Waals surface area contributed by atoms with Crippen LogP contribution < -0.4 is 14.8 Å². The Balaban J connectivity index is 1.58. The normalized spacial score (nSPS) is 14.9. The number of hydrogen-bond donors (Lipinski definition) is 1. The van der Waals surface area contributed by atoms with Crippen molar-refractivity contribution < 1.29 is 35.3 Å². The molecule has 1 N–H and O–H groups in total. The molecule has 0 aromatic heterocycles. The van der Waals surface area contributed by atoms with Crippen LogP contribution >= 0.6 is 0 Å². The summed E-state index contributed by atoms with van der Waals surface area (Å²) in [5.41, 5.74) is 2.15. The largest absolute Gasteiger partial charge is 0.460 e. The Hall–Kier alpha value is -3.82. The van der Waals surface area contributed by atoms with Crippen molar-refractivity contribution in [1.82, 2.24) is 13.8 Å². The van der Waals surface area contributed by atoms with Crippen molar-refractivity contribution in [1.29, 1.82) is 0 Å². The van der Waals surface area contributed by atoms with Gasteiger partial charge in [0.15, 0.2) is 0 Å². The Morgan fingerprint density at radius 3 is 2.13 bits per heavy atom. The molecule has 2 aromatic carbocycles. The number of rotatable bonds is 12. The number of carbonyl (C=O) groups excluding carboxylic acids is 1. The predicted octanol–water partition coefficient (Wildman–Crippen LogP) is 5.15. The number of nitrogens with zero attached hydrogens (tertiary/aromatic N) is 4. The summed E-state index contributed by atoms with van der Waals surface area (Å²) in [5, 5.41) is 1.55. The molecule has 1 aliphatic carbocycles. The van der Waals surface area contributed by atoms with Gasteiger partial charge in [0.1, 0.15) is 34.9 Å². The fraction of sp³-hybridized carbons (Fsp3) is 0.474. The summed E-state index contributed by atoms with van der Waals surface area (Å²) < 4.78 is 80.1. The van der Waals surface area contributed by atoms with Crippen LogP contribution in [0.25, 0.3) is 33.4 Å². The first kappa shape index (κ1) is 39.4. The Morgan fingerprint density at radius 1 is 0.885 bits per heavy atom. The van der Waals surface area contributed by atoms with Gasteiger partial charge in [-0.2, -0.15) is 12.7 Å². The smallest absolute Gasteiger partial charge is 0.307 e. The van der Waals surface area contributed by atoms with Crippen molar-refractivity contribution in [3.8, 4) is 22.5 Å². The van der Waals surface area contributed by atoms with Gasteiger partial charge in [-0.1, -0.05) is 6.07 Å². The lowest BCUT2D eigenvalue weighted by atomic mass is 9.93. The summed E-state index contributed by atoms with van der Waals surface area (Å²) in [6, 6.07) is 15.4. The van der Waals surface area contributed by atoms with E-state index in [-0.39, 0.29) is 35.9 Å². The average molecular weight is 756 g/mol. The van der Waals surface area contributed by atoms with Gasteiger partial charge in [0.2, 0.25) is 15.4 Å². The third kappa shape index (κ3) is 8.52. The molecule has 1 fully saturated rings. The summed E-state index contributed by atoms with van der Waals surface area (Å²) in [7, 11) is -9.05. The standard InChI is InChI=1S/C38H50N4O8S2/c1-8-40(9-2)27-12-15-30-33(24-27)49-34-25-28(41(10-3)11-4)13-16-31(34)37(30)32-17-14-29(26-35(32)52(46,47)48)51(44,45)42-22-20-39(21-23-42)19-18-36(43)50-38(5,6)7/h12-17,24-26H,8-11,18-23H2,1-7H3/p+1. The van der Waals surface area contributed by atoms with Gasteiger partial charge in [-0.3, -0.25) is 9.35 Å². The summed E-state index contributed by atoms with van der Waals surface area (Å²) in [4.78, 5) is 15.6. The van der Waals surface area contributed by atoms with Gasteiger partial charge in [0.05, 0.1) is 17.4 Å². The lowest BCUT2D eigenvalue weighted by Gasteiger charge is -2.34. The molecule has 0 unspecified atom stereocenters. The van der Waals surface area contributed by atoms with E-state index in [1.165, 1.54) is 16.4 Å². The first-order valence-electron chi connectivity index (χ1n) is 17.9. The zero-order valence-corrected chi connectivity index (χ0v) is 32.8. The maximum absolute atomic E-state index is 13.9. The molecule has 0 radical (unpaired) electrons. The van der Waals surface area contributed by atoms with Crippen LogP contribution in [0.15, 0.2) is 68.8 Å².